The number of fused-ring (bicyclic) bond motifs is 3. The van der Waals surface area contributed by atoms with Gasteiger partial charge in [0.15, 0.2) is 11.5 Å². The molecule has 5 nitrogen and oxygen atoms in total. The Kier molecular flexibility index (Phi) is 4.21. The molecule has 0 saturated heterocycles. The van der Waals surface area contributed by atoms with Gasteiger partial charge in [-0.3, -0.25) is 4.79 Å². The third-order valence-electron chi connectivity index (χ3n) is 4.61. The number of rotatable bonds is 4. The molecular weight excluding hydrogens is 328 g/mol. The van der Waals surface area contributed by atoms with Crippen LogP contribution >= 0.6 is 0 Å². The molecule has 5 heteroatoms. The van der Waals surface area contributed by atoms with E-state index in [1.165, 1.54) is 0 Å². The van der Waals surface area contributed by atoms with Gasteiger partial charge < -0.3 is 14.0 Å². The molecule has 0 spiro atoms. The maximum Gasteiger partial charge on any atom is 0.281 e. The molecule has 0 amide bonds. The van der Waals surface area contributed by atoms with Crippen molar-refractivity contribution in [1.29, 1.82) is 0 Å². The van der Waals surface area contributed by atoms with Crippen molar-refractivity contribution < 1.29 is 9.47 Å². The molecule has 2 aromatic carbocycles. The van der Waals surface area contributed by atoms with Gasteiger partial charge in [0.05, 0.1) is 24.6 Å². The summed E-state index contributed by atoms with van der Waals surface area (Å²) in [6, 6.07) is 13.5. The van der Waals surface area contributed by atoms with E-state index in [9.17, 15) is 4.79 Å². The Morgan fingerprint density at radius 2 is 2.04 bits per heavy atom. The van der Waals surface area contributed by atoms with E-state index < -0.39 is 0 Å². The monoisotopic (exact) mass is 348 g/mol. The maximum atomic E-state index is 12.4. The van der Waals surface area contributed by atoms with Crippen molar-refractivity contribution in [3.8, 4) is 11.5 Å². The Morgan fingerprint density at radius 1 is 1.19 bits per heavy atom. The van der Waals surface area contributed by atoms with E-state index in [4.69, 9.17) is 9.47 Å². The van der Waals surface area contributed by atoms with E-state index in [2.05, 4.69) is 15.6 Å². The number of nitrogens with zero attached hydrogens (tertiary/aromatic N) is 2. The molecule has 1 aliphatic heterocycles. The lowest BCUT2D eigenvalue weighted by molar-refractivity contribution is 0.311. The van der Waals surface area contributed by atoms with Crippen LogP contribution in [0.5, 0.6) is 11.5 Å². The minimum atomic E-state index is -0.176. The zero-order valence-electron chi connectivity index (χ0n) is 14.9. The van der Waals surface area contributed by atoms with Crippen LogP contribution < -0.4 is 15.0 Å². The summed E-state index contributed by atoms with van der Waals surface area (Å²) in [5.74, 6) is 2.18. The van der Waals surface area contributed by atoms with Crippen LogP contribution in [0.2, 0.25) is 0 Å². The number of ether oxygens (including phenoxy) is 2. The molecule has 26 heavy (non-hydrogen) atoms. The van der Waals surface area contributed by atoms with Crippen LogP contribution in [0.4, 0.5) is 0 Å². The maximum absolute atomic E-state index is 12.4. The molecule has 0 fully saturated rings. The number of aromatic nitrogens is 2. The fourth-order valence-electron chi connectivity index (χ4n) is 3.43. The van der Waals surface area contributed by atoms with Gasteiger partial charge in [0.2, 0.25) is 0 Å². The molecule has 2 heterocycles. The smallest absolute Gasteiger partial charge is 0.281 e. The van der Waals surface area contributed by atoms with Crippen LogP contribution in [0, 0.1) is 0 Å². The van der Waals surface area contributed by atoms with Crippen molar-refractivity contribution in [1.82, 2.24) is 9.55 Å². The van der Waals surface area contributed by atoms with E-state index in [0.29, 0.717) is 23.5 Å². The lowest BCUT2D eigenvalue weighted by atomic mass is 10.1. The van der Waals surface area contributed by atoms with Gasteiger partial charge in [-0.25, -0.2) is 0 Å². The first kappa shape index (κ1) is 16.4. The predicted octanol–water partition coefficient (Wildman–Crippen LogP) is 3.75. The molecule has 0 saturated carbocycles. The van der Waals surface area contributed by atoms with Gasteiger partial charge in [0.25, 0.3) is 5.56 Å². The molecular formula is C21H20N2O3. The second-order valence-corrected chi connectivity index (χ2v) is 6.17. The van der Waals surface area contributed by atoms with Crippen LogP contribution in [-0.2, 0) is 6.54 Å². The van der Waals surface area contributed by atoms with E-state index in [-0.39, 0.29) is 5.56 Å². The third kappa shape index (κ3) is 2.75. The zero-order chi connectivity index (χ0) is 18.1. The van der Waals surface area contributed by atoms with E-state index in [0.717, 1.165) is 35.4 Å². The number of hydrogen-bond donors (Lipinski definition) is 0. The molecule has 1 aromatic heterocycles. The van der Waals surface area contributed by atoms with Crippen molar-refractivity contribution >= 4 is 22.6 Å². The molecule has 0 N–H and O–H groups in total. The summed E-state index contributed by atoms with van der Waals surface area (Å²) in [6.45, 7) is 3.34. The van der Waals surface area contributed by atoms with Crippen LogP contribution in [0.15, 0.2) is 47.3 Å². The van der Waals surface area contributed by atoms with Crippen molar-refractivity contribution in [3.05, 3.63) is 64.2 Å². The van der Waals surface area contributed by atoms with E-state index >= 15 is 0 Å². The van der Waals surface area contributed by atoms with Crippen molar-refractivity contribution in [3.63, 3.8) is 0 Å². The van der Waals surface area contributed by atoms with Gasteiger partial charge in [0, 0.05) is 6.54 Å². The number of hydrogen-bond acceptors (Lipinski definition) is 4. The highest BCUT2D eigenvalue weighted by molar-refractivity contribution is 5.85. The predicted molar refractivity (Wildman–Crippen MR) is 103 cm³/mol. The van der Waals surface area contributed by atoms with Gasteiger partial charge in [-0.15, -0.1) is 0 Å². The Morgan fingerprint density at radius 3 is 2.85 bits per heavy atom. The van der Waals surface area contributed by atoms with Crippen molar-refractivity contribution in [2.24, 2.45) is 0 Å². The van der Waals surface area contributed by atoms with Crippen molar-refractivity contribution in [2.45, 2.75) is 19.9 Å². The van der Waals surface area contributed by atoms with E-state index in [1.54, 1.807) is 7.11 Å². The molecule has 3 aromatic rings. The van der Waals surface area contributed by atoms with Gasteiger partial charge in [-0.1, -0.05) is 18.2 Å². The Balaban J connectivity index is 1.80. The zero-order valence-corrected chi connectivity index (χ0v) is 14.9. The molecule has 0 unspecified atom stereocenters. The summed E-state index contributed by atoms with van der Waals surface area (Å²) in [6.07, 6.45) is 2.92. The standard InChI is InChI=1S/C21H20N2O3/c1-3-26-19-13-14(8-9-18(19)25-2)12-15-10-11-23-17-7-5-4-6-16(17)21(24)22-20(15)23/h4-9,12-13H,3,10-11H2,1-2H3/b15-12+. The largest absolute Gasteiger partial charge is 0.493 e. The second-order valence-electron chi connectivity index (χ2n) is 6.17. The van der Waals surface area contributed by atoms with Crippen LogP contribution in [0.25, 0.3) is 22.6 Å². The highest BCUT2D eigenvalue weighted by Gasteiger charge is 2.20. The number of allylic oxidation sites excluding steroid dienone is 1. The molecule has 132 valence electrons. The first-order valence-corrected chi connectivity index (χ1v) is 8.72. The normalized spacial score (nSPS) is 14.6. The molecule has 0 aliphatic carbocycles. The van der Waals surface area contributed by atoms with Crippen LogP contribution in [0.1, 0.15) is 24.7 Å². The summed E-state index contributed by atoms with van der Waals surface area (Å²) >= 11 is 0. The summed E-state index contributed by atoms with van der Waals surface area (Å²) in [4.78, 5) is 16.7. The summed E-state index contributed by atoms with van der Waals surface area (Å²) in [5.41, 5.74) is 2.82. The third-order valence-corrected chi connectivity index (χ3v) is 4.61. The number of aryl methyl sites for hydroxylation is 1. The minimum absolute atomic E-state index is 0.176. The lowest BCUT2D eigenvalue weighted by Gasteiger charge is -2.10. The van der Waals surface area contributed by atoms with E-state index in [1.807, 2.05) is 49.4 Å². The molecule has 0 atom stereocenters. The molecule has 0 radical (unpaired) electrons. The topological polar surface area (TPSA) is 53.4 Å². The lowest BCUT2D eigenvalue weighted by Crippen LogP contribution is -2.14. The number of benzene rings is 2. The molecule has 1 aliphatic rings. The van der Waals surface area contributed by atoms with Gasteiger partial charge in [-0.2, -0.15) is 4.98 Å². The van der Waals surface area contributed by atoms with Gasteiger partial charge in [-0.05, 0) is 54.8 Å². The quantitative estimate of drug-likeness (QED) is 0.721. The van der Waals surface area contributed by atoms with Gasteiger partial charge >= 0.3 is 0 Å². The molecule has 0 bridgehead atoms. The number of methoxy groups -OCH3 is 1. The average Bonchev–Trinajstić information content (AvgIpc) is 3.05. The summed E-state index contributed by atoms with van der Waals surface area (Å²) in [7, 11) is 1.63. The fourth-order valence-corrected chi connectivity index (χ4v) is 3.43. The van der Waals surface area contributed by atoms with Crippen molar-refractivity contribution in [2.75, 3.05) is 13.7 Å². The fraction of sp³-hybridized carbons (Fsp3) is 0.238. The highest BCUT2D eigenvalue weighted by Crippen LogP contribution is 2.33. The average molecular weight is 348 g/mol. The Hall–Kier alpha value is -3.08. The first-order valence-electron chi connectivity index (χ1n) is 8.72. The highest BCUT2D eigenvalue weighted by atomic mass is 16.5. The van der Waals surface area contributed by atoms with Crippen LogP contribution in [-0.4, -0.2) is 23.3 Å². The number of para-hydroxylation sites is 1. The first-order chi connectivity index (χ1) is 12.7. The summed E-state index contributed by atoms with van der Waals surface area (Å²) < 4.78 is 13.1. The molecule has 4 rings (SSSR count). The Labute approximate surface area is 151 Å². The second kappa shape index (κ2) is 6.67. The SMILES string of the molecule is CCOc1cc(/C=C2\CCn3c2nc(=O)c2ccccc23)ccc1OC. The van der Waals surface area contributed by atoms with Gasteiger partial charge in [0.1, 0.15) is 5.82 Å². The van der Waals surface area contributed by atoms with Crippen LogP contribution in [0.3, 0.4) is 0 Å². The summed E-state index contributed by atoms with van der Waals surface area (Å²) in [5, 5.41) is 0.667. The minimum Gasteiger partial charge on any atom is -0.493 e. The Bertz CT molecular complexity index is 1070.